The number of amides is 1. The Morgan fingerprint density at radius 1 is 1.25 bits per heavy atom. The first-order valence-corrected chi connectivity index (χ1v) is 9.24. The molecule has 140 valence electrons. The third-order valence-electron chi connectivity index (χ3n) is 5.03. The number of hydrogen-bond donors (Lipinski definition) is 1. The Hall–Kier alpha value is -0.910. The van der Waals surface area contributed by atoms with E-state index >= 15 is 0 Å². The smallest absolute Gasteiger partial charge is 0.410 e. The van der Waals surface area contributed by atoms with E-state index in [0.717, 1.165) is 38.8 Å². The minimum absolute atomic E-state index is 0.0761. The van der Waals surface area contributed by atoms with Crippen molar-refractivity contribution in [1.82, 2.24) is 10.2 Å². The van der Waals surface area contributed by atoms with Gasteiger partial charge in [-0.05, 0) is 59.0 Å². The maximum Gasteiger partial charge on any atom is 0.410 e. The Morgan fingerprint density at radius 2 is 1.92 bits per heavy atom. The van der Waals surface area contributed by atoms with E-state index in [1.807, 2.05) is 0 Å². The van der Waals surface area contributed by atoms with Crippen molar-refractivity contribution in [3.05, 3.63) is 0 Å². The monoisotopic (exact) mass is 346 g/mol. The largest absolute Gasteiger partial charge is 0.444 e. The SMILES string of the molecule is CC(C)(C)OC(=O)N1CCC(F)(F)C(CCCC2CCNCC2)C1. The standard InChI is InChI=1S/C18H32F2N2O2/c1-17(2,3)24-16(23)22-12-9-18(19,20)15(13-22)6-4-5-14-7-10-21-11-8-14/h14-15,21H,4-13H2,1-3H3. The molecule has 2 aliphatic rings. The molecule has 0 aromatic rings. The van der Waals surface area contributed by atoms with E-state index in [1.165, 1.54) is 4.90 Å². The van der Waals surface area contributed by atoms with E-state index in [2.05, 4.69) is 5.32 Å². The maximum absolute atomic E-state index is 14.2. The summed E-state index contributed by atoms with van der Waals surface area (Å²) in [7, 11) is 0. The molecule has 1 amide bonds. The minimum Gasteiger partial charge on any atom is -0.444 e. The predicted molar refractivity (Wildman–Crippen MR) is 90.3 cm³/mol. The molecule has 0 radical (unpaired) electrons. The third kappa shape index (κ3) is 5.87. The number of hydrogen-bond acceptors (Lipinski definition) is 3. The first kappa shape index (κ1) is 19.4. The summed E-state index contributed by atoms with van der Waals surface area (Å²) in [6, 6.07) is 0. The van der Waals surface area contributed by atoms with Crippen LogP contribution in [0.25, 0.3) is 0 Å². The molecule has 2 saturated heterocycles. The number of carbonyl (C=O) groups is 1. The van der Waals surface area contributed by atoms with Crippen molar-refractivity contribution in [1.29, 1.82) is 0 Å². The summed E-state index contributed by atoms with van der Waals surface area (Å²) in [5.41, 5.74) is -0.596. The number of carbonyl (C=O) groups excluding carboxylic acids is 1. The number of nitrogens with one attached hydrogen (secondary N) is 1. The molecule has 2 rings (SSSR count). The first-order chi connectivity index (χ1) is 11.2. The summed E-state index contributed by atoms with van der Waals surface area (Å²) in [4.78, 5) is 13.6. The van der Waals surface area contributed by atoms with Gasteiger partial charge in [0.15, 0.2) is 0 Å². The van der Waals surface area contributed by atoms with E-state index in [9.17, 15) is 13.6 Å². The highest BCUT2D eigenvalue weighted by Crippen LogP contribution is 2.37. The second kappa shape index (κ2) is 7.98. The number of halogens is 2. The van der Waals surface area contributed by atoms with Crippen LogP contribution in [0, 0.1) is 11.8 Å². The molecule has 0 aliphatic carbocycles. The molecular formula is C18H32F2N2O2. The lowest BCUT2D eigenvalue weighted by Crippen LogP contribution is -2.50. The molecule has 1 N–H and O–H groups in total. The molecule has 1 unspecified atom stereocenters. The number of ether oxygens (including phenoxy) is 1. The minimum atomic E-state index is -2.67. The van der Waals surface area contributed by atoms with Crippen molar-refractivity contribution in [3.63, 3.8) is 0 Å². The Labute approximate surface area is 144 Å². The number of alkyl halides is 2. The van der Waals surface area contributed by atoms with Crippen molar-refractivity contribution >= 4 is 6.09 Å². The highest BCUT2D eigenvalue weighted by Gasteiger charge is 2.45. The van der Waals surface area contributed by atoms with Crippen LogP contribution in [0.5, 0.6) is 0 Å². The summed E-state index contributed by atoms with van der Waals surface area (Å²) in [5, 5.41) is 3.33. The van der Waals surface area contributed by atoms with Gasteiger partial charge in [-0.1, -0.05) is 12.8 Å². The van der Waals surface area contributed by atoms with Crippen molar-refractivity contribution in [2.75, 3.05) is 26.2 Å². The average Bonchev–Trinajstić information content (AvgIpc) is 2.48. The van der Waals surface area contributed by atoms with E-state index in [0.29, 0.717) is 12.3 Å². The molecular weight excluding hydrogens is 314 g/mol. The second-order valence-corrected chi connectivity index (χ2v) is 8.26. The second-order valence-electron chi connectivity index (χ2n) is 8.26. The number of nitrogens with zero attached hydrogens (tertiary/aromatic N) is 1. The highest BCUT2D eigenvalue weighted by molar-refractivity contribution is 5.68. The average molecular weight is 346 g/mol. The van der Waals surface area contributed by atoms with Crippen LogP contribution in [0.2, 0.25) is 0 Å². The zero-order valence-electron chi connectivity index (χ0n) is 15.2. The van der Waals surface area contributed by atoms with Gasteiger partial charge in [-0.25, -0.2) is 13.6 Å². The number of rotatable bonds is 4. The van der Waals surface area contributed by atoms with Gasteiger partial charge < -0.3 is 15.0 Å². The summed E-state index contributed by atoms with van der Waals surface area (Å²) in [6.45, 7) is 7.63. The molecule has 0 bridgehead atoms. The molecule has 2 aliphatic heterocycles. The van der Waals surface area contributed by atoms with Crippen molar-refractivity contribution in [2.24, 2.45) is 11.8 Å². The lowest BCUT2D eigenvalue weighted by atomic mass is 9.86. The molecule has 0 saturated carbocycles. The first-order valence-electron chi connectivity index (χ1n) is 9.24. The zero-order chi connectivity index (χ0) is 17.8. The topological polar surface area (TPSA) is 41.6 Å². The van der Waals surface area contributed by atoms with Crippen molar-refractivity contribution < 1.29 is 18.3 Å². The van der Waals surface area contributed by atoms with Crippen molar-refractivity contribution in [2.45, 2.75) is 70.8 Å². The maximum atomic E-state index is 14.2. The van der Waals surface area contributed by atoms with Crippen LogP contribution >= 0.6 is 0 Å². The fraction of sp³-hybridized carbons (Fsp3) is 0.944. The van der Waals surface area contributed by atoms with Gasteiger partial charge in [-0.2, -0.15) is 0 Å². The van der Waals surface area contributed by atoms with Gasteiger partial charge in [-0.15, -0.1) is 0 Å². The molecule has 0 aromatic heterocycles. The third-order valence-corrected chi connectivity index (χ3v) is 5.03. The summed E-state index contributed by atoms with van der Waals surface area (Å²) < 4.78 is 33.8. The van der Waals surface area contributed by atoms with Gasteiger partial charge in [-0.3, -0.25) is 0 Å². The molecule has 2 heterocycles. The van der Waals surface area contributed by atoms with Crippen LogP contribution in [-0.2, 0) is 4.74 Å². The van der Waals surface area contributed by atoms with Gasteiger partial charge >= 0.3 is 6.09 Å². The lowest BCUT2D eigenvalue weighted by molar-refractivity contribution is -0.108. The Kier molecular flexibility index (Phi) is 6.46. The number of likely N-dealkylation sites (tertiary alicyclic amines) is 1. The van der Waals surface area contributed by atoms with Gasteiger partial charge in [0.1, 0.15) is 5.60 Å². The molecule has 1 atom stereocenters. The molecule has 0 spiro atoms. The quantitative estimate of drug-likeness (QED) is 0.835. The summed E-state index contributed by atoms with van der Waals surface area (Å²) in [5.74, 6) is -2.77. The van der Waals surface area contributed by atoms with E-state index < -0.39 is 23.5 Å². The molecule has 2 fully saturated rings. The molecule has 24 heavy (non-hydrogen) atoms. The zero-order valence-corrected chi connectivity index (χ0v) is 15.2. The summed E-state index contributed by atoms with van der Waals surface area (Å²) in [6.07, 6.45) is 3.87. The highest BCUT2D eigenvalue weighted by atomic mass is 19.3. The Bertz CT molecular complexity index is 418. The van der Waals surface area contributed by atoms with Crippen LogP contribution in [-0.4, -0.2) is 48.7 Å². The van der Waals surface area contributed by atoms with Gasteiger partial charge in [0, 0.05) is 25.4 Å². The van der Waals surface area contributed by atoms with Crippen molar-refractivity contribution in [3.8, 4) is 0 Å². The van der Waals surface area contributed by atoms with Gasteiger partial charge in [0.25, 0.3) is 5.92 Å². The van der Waals surface area contributed by atoms with Crippen LogP contribution in [0.4, 0.5) is 13.6 Å². The Balaban J connectivity index is 1.82. The fourth-order valence-corrected chi connectivity index (χ4v) is 3.60. The lowest BCUT2D eigenvalue weighted by Gasteiger charge is -2.39. The normalized spacial score (nSPS) is 25.5. The Morgan fingerprint density at radius 3 is 2.54 bits per heavy atom. The van der Waals surface area contributed by atoms with E-state index in [1.54, 1.807) is 20.8 Å². The molecule has 6 heteroatoms. The van der Waals surface area contributed by atoms with Crippen LogP contribution in [0.3, 0.4) is 0 Å². The predicted octanol–water partition coefficient (Wildman–Crippen LogP) is 4.05. The van der Waals surface area contributed by atoms with Crippen LogP contribution < -0.4 is 5.32 Å². The molecule has 0 aromatic carbocycles. The number of piperidine rings is 2. The van der Waals surface area contributed by atoms with Gasteiger partial charge in [0.05, 0.1) is 0 Å². The molecule has 4 nitrogen and oxygen atoms in total. The van der Waals surface area contributed by atoms with Crippen LogP contribution in [0.15, 0.2) is 0 Å². The van der Waals surface area contributed by atoms with E-state index in [4.69, 9.17) is 4.74 Å². The van der Waals surface area contributed by atoms with E-state index in [-0.39, 0.29) is 19.5 Å². The van der Waals surface area contributed by atoms with Crippen LogP contribution in [0.1, 0.15) is 59.3 Å². The van der Waals surface area contributed by atoms with Gasteiger partial charge in [0.2, 0.25) is 0 Å². The summed E-state index contributed by atoms with van der Waals surface area (Å²) >= 11 is 0. The fourth-order valence-electron chi connectivity index (χ4n) is 3.60.